The molecule has 0 aromatic heterocycles. The van der Waals surface area contributed by atoms with Gasteiger partial charge in [-0.25, -0.2) is 0 Å². The average molecular weight is 220 g/mol. The van der Waals surface area contributed by atoms with E-state index in [-0.39, 0.29) is 0 Å². The Balaban J connectivity index is 2.23. The van der Waals surface area contributed by atoms with E-state index in [1.165, 1.54) is 31.4 Å². The molecule has 16 heavy (non-hydrogen) atoms. The Hall–Kier alpha value is -1.02. The van der Waals surface area contributed by atoms with Crippen molar-refractivity contribution in [1.82, 2.24) is 4.90 Å². The summed E-state index contributed by atoms with van der Waals surface area (Å²) in [5.74, 6) is 0. The number of nitrogen functional groups attached to an aromatic ring is 1. The lowest BCUT2D eigenvalue weighted by Gasteiger charge is -2.16. The summed E-state index contributed by atoms with van der Waals surface area (Å²) in [4.78, 5) is 2.41. The highest BCUT2D eigenvalue weighted by molar-refractivity contribution is 5.46. The second-order valence-corrected chi connectivity index (χ2v) is 4.46. The molecular formula is C14H24N2. The number of rotatable bonds is 7. The molecule has 1 aromatic carbocycles. The molecule has 1 rings (SSSR count). The Morgan fingerprint density at radius 3 is 2.50 bits per heavy atom. The van der Waals surface area contributed by atoms with Crippen LogP contribution in [0.3, 0.4) is 0 Å². The first-order valence-corrected chi connectivity index (χ1v) is 6.26. The fourth-order valence-electron chi connectivity index (χ4n) is 1.84. The molecular weight excluding hydrogens is 196 g/mol. The van der Waals surface area contributed by atoms with Gasteiger partial charge < -0.3 is 10.6 Å². The molecule has 2 heteroatoms. The van der Waals surface area contributed by atoms with Crippen molar-refractivity contribution in [3.8, 4) is 0 Å². The van der Waals surface area contributed by atoms with Gasteiger partial charge >= 0.3 is 0 Å². The normalized spacial score (nSPS) is 10.9. The van der Waals surface area contributed by atoms with Gasteiger partial charge in [-0.05, 0) is 51.0 Å². The quantitative estimate of drug-likeness (QED) is 0.716. The van der Waals surface area contributed by atoms with E-state index in [1.54, 1.807) is 0 Å². The molecule has 0 aliphatic carbocycles. The van der Waals surface area contributed by atoms with E-state index in [1.807, 2.05) is 12.1 Å². The van der Waals surface area contributed by atoms with Crippen LogP contribution in [0.5, 0.6) is 0 Å². The van der Waals surface area contributed by atoms with Gasteiger partial charge in [0.25, 0.3) is 0 Å². The van der Waals surface area contributed by atoms with Crippen molar-refractivity contribution in [2.24, 2.45) is 0 Å². The molecule has 0 atom stereocenters. The maximum atomic E-state index is 5.90. The van der Waals surface area contributed by atoms with Gasteiger partial charge in [0.2, 0.25) is 0 Å². The van der Waals surface area contributed by atoms with Gasteiger partial charge in [-0.1, -0.05) is 31.5 Å². The first kappa shape index (κ1) is 13.0. The zero-order valence-corrected chi connectivity index (χ0v) is 10.6. The summed E-state index contributed by atoms with van der Waals surface area (Å²) in [6, 6.07) is 8.16. The van der Waals surface area contributed by atoms with Gasteiger partial charge in [0.1, 0.15) is 0 Å². The Bertz CT molecular complexity index is 297. The van der Waals surface area contributed by atoms with Crippen molar-refractivity contribution in [2.45, 2.75) is 32.6 Å². The Morgan fingerprint density at radius 2 is 1.81 bits per heavy atom. The Morgan fingerprint density at radius 1 is 1.12 bits per heavy atom. The lowest BCUT2D eigenvalue weighted by molar-refractivity contribution is 0.324. The second-order valence-electron chi connectivity index (χ2n) is 4.46. The van der Waals surface area contributed by atoms with Crippen molar-refractivity contribution in [1.29, 1.82) is 0 Å². The van der Waals surface area contributed by atoms with Gasteiger partial charge in [0, 0.05) is 5.69 Å². The highest BCUT2D eigenvalue weighted by Crippen LogP contribution is 2.12. The number of nitrogens with zero attached hydrogens (tertiary/aromatic N) is 1. The molecule has 0 bridgehead atoms. The molecule has 0 aliphatic rings. The zero-order valence-electron chi connectivity index (χ0n) is 10.6. The molecule has 0 fully saturated rings. The van der Waals surface area contributed by atoms with E-state index in [2.05, 4.69) is 31.0 Å². The molecule has 2 N–H and O–H groups in total. The van der Waals surface area contributed by atoms with Crippen LogP contribution >= 0.6 is 0 Å². The van der Waals surface area contributed by atoms with Crippen molar-refractivity contribution in [3.63, 3.8) is 0 Å². The van der Waals surface area contributed by atoms with Crippen LogP contribution < -0.4 is 5.73 Å². The third-order valence-electron chi connectivity index (χ3n) is 2.93. The lowest BCUT2D eigenvalue weighted by Crippen LogP contribution is -2.21. The smallest absolute Gasteiger partial charge is 0.0346 e. The molecule has 0 heterocycles. The first-order chi connectivity index (χ1) is 7.74. The van der Waals surface area contributed by atoms with Gasteiger partial charge in [-0.15, -0.1) is 0 Å². The van der Waals surface area contributed by atoms with E-state index in [4.69, 9.17) is 5.73 Å². The molecule has 0 unspecified atom stereocenters. The minimum absolute atomic E-state index is 0.929. The molecule has 0 saturated heterocycles. The molecule has 0 amide bonds. The van der Waals surface area contributed by atoms with Crippen LogP contribution in [0.25, 0.3) is 0 Å². The Kier molecular flexibility index (Phi) is 5.94. The molecule has 1 aromatic rings. The van der Waals surface area contributed by atoms with Crippen LogP contribution in [0.15, 0.2) is 24.3 Å². The number of benzene rings is 1. The molecule has 90 valence electrons. The number of aryl methyl sites for hydroxylation is 1. The molecule has 0 aliphatic heterocycles. The molecule has 2 nitrogen and oxygen atoms in total. The van der Waals surface area contributed by atoms with Crippen molar-refractivity contribution in [3.05, 3.63) is 29.8 Å². The monoisotopic (exact) mass is 220 g/mol. The van der Waals surface area contributed by atoms with Crippen molar-refractivity contribution >= 4 is 5.69 Å². The average Bonchev–Trinajstić information content (AvgIpc) is 2.29. The standard InChI is InChI=1S/C14H24N2/c1-3-4-11-16(2)12-7-9-13-8-5-6-10-14(13)15/h5-6,8,10H,3-4,7,9,11-12,15H2,1-2H3. The molecule has 0 saturated carbocycles. The van der Waals surface area contributed by atoms with Crippen LogP contribution in [0, 0.1) is 0 Å². The highest BCUT2D eigenvalue weighted by Gasteiger charge is 2.00. The van der Waals surface area contributed by atoms with E-state index in [0.717, 1.165) is 18.7 Å². The van der Waals surface area contributed by atoms with E-state index in [0.29, 0.717) is 0 Å². The van der Waals surface area contributed by atoms with Gasteiger partial charge in [0.15, 0.2) is 0 Å². The van der Waals surface area contributed by atoms with Crippen molar-refractivity contribution in [2.75, 3.05) is 25.9 Å². The lowest BCUT2D eigenvalue weighted by atomic mass is 10.1. The summed E-state index contributed by atoms with van der Waals surface area (Å²) in [6.45, 7) is 4.60. The van der Waals surface area contributed by atoms with Gasteiger partial charge in [0.05, 0.1) is 0 Å². The summed E-state index contributed by atoms with van der Waals surface area (Å²) in [5.41, 5.74) is 8.12. The minimum Gasteiger partial charge on any atom is -0.399 e. The predicted octanol–water partition coefficient (Wildman–Crippen LogP) is 2.93. The largest absolute Gasteiger partial charge is 0.399 e. The number of nitrogens with two attached hydrogens (primary N) is 1. The summed E-state index contributed by atoms with van der Waals surface area (Å²) in [7, 11) is 2.20. The summed E-state index contributed by atoms with van der Waals surface area (Å²) < 4.78 is 0. The third kappa shape index (κ3) is 4.67. The van der Waals surface area contributed by atoms with Crippen LogP contribution in [-0.2, 0) is 6.42 Å². The van der Waals surface area contributed by atoms with Crippen LogP contribution in [-0.4, -0.2) is 25.0 Å². The fraction of sp³-hybridized carbons (Fsp3) is 0.571. The Labute approximate surface area is 99.5 Å². The van der Waals surface area contributed by atoms with E-state index in [9.17, 15) is 0 Å². The predicted molar refractivity (Wildman–Crippen MR) is 71.6 cm³/mol. The topological polar surface area (TPSA) is 29.3 Å². The number of hydrogen-bond acceptors (Lipinski definition) is 2. The first-order valence-electron chi connectivity index (χ1n) is 6.26. The number of hydrogen-bond donors (Lipinski definition) is 1. The SMILES string of the molecule is CCCCN(C)CCCc1ccccc1N. The van der Waals surface area contributed by atoms with E-state index < -0.39 is 0 Å². The maximum absolute atomic E-state index is 5.90. The zero-order chi connectivity index (χ0) is 11.8. The van der Waals surface area contributed by atoms with Gasteiger partial charge in [-0.3, -0.25) is 0 Å². The number of para-hydroxylation sites is 1. The fourth-order valence-corrected chi connectivity index (χ4v) is 1.84. The summed E-state index contributed by atoms with van der Waals surface area (Å²) in [6.07, 6.45) is 4.84. The van der Waals surface area contributed by atoms with Crippen LogP contribution in [0.4, 0.5) is 5.69 Å². The molecule has 0 radical (unpaired) electrons. The van der Waals surface area contributed by atoms with E-state index >= 15 is 0 Å². The van der Waals surface area contributed by atoms with Crippen molar-refractivity contribution < 1.29 is 0 Å². The summed E-state index contributed by atoms with van der Waals surface area (Å²) in [5, 5.41) is 0. The number of anilines is 1. The third-order valence-corrected chi connectivity index (χ3v) is 2.93. The second kappa shape index (κ2) is 7.29. The molecule has 0 spiro atoms. The maximum Gasteiger partial charge on any atom is 0.0346 e. The highest BCUT2D eigenvalue weighted by atomic mass is 15.1. The number of unbranched alkanes of at least 4 members (excludes halogenated alkanes) is 1. The van der Waals surface area contributed by atoms with Gasteiger partial charge in [-0.2, -0.15) is 0 Å². The van der Waals surface area contributed by atoms with Crippen LogP contribution in [0.2, 0.25) is 0 Å². The summed E-state index contributed by atoms with van der Waals surface area (Å²) >= 11 is 0. The van der Waals surface area contributed by atoms with Crippen LogP contribution in [0.1, 0.15) is 31.7 Å². The minimum atomic E-state index is 0.929.